The average Bonchev–Trinajstić information content (AvgIpc) is 2.69. The lowest BCUT2D eigenvalue weighted by Crippen LogP contribution is -2.15. The monoisotopic (exact) mass is 464 g/mol. The highest BCUT2D eigenvalue weighted by atomic mass is 79.9. The van der Waals surface area contributed by atoms with E-state index in [1.54, 1.807) is 12.4 Å². The van der Waals surface area contributed by atoms with Crippen molar-refractivity contribution in [2.24, 2.45) is 0 Å². The Morgan fingerprint density at radius 2 is 1.96 bits per heavy atom. The molecule has 0 aliphatic carbocycles. The molecule has 0 unspecified atom stereocenters. The van der Waals surface area contributed by atoms with Gasteiger partial charge in [-0.05, 0) is 58.1 Å². The number of halogens is 2. The van der Waals surface area contributed by atoms with Crippen LogP contribution in [0.2, 0.25) is 5.02 Å². The predicted octanol–water partition coefficient (Wildman–Crippen LogP) is 4.84. The van der Waals surface area contributed by atoms with Crippen molar-refractivity contribution in [3.8, 4) is 5.88 Å². The quantitative estimate of drug-likeness (QED) is 0.465. The Labute approximate surface area is 177 Å². The summed E-state index contributed by atoms with van der Waals surface area (Å²) in [4.78, 5) is 15.9. The van der Waals surface area contributed by atoms with Gasteiger partial charge in [0.25, 0.3) is 11.4 Å². The van der Waals surface area contributed by atoms with Gasteiger partial charge in [-0.3, -0.25) is 9.78 Å². The van der Waals surface area contributed by atoms with Gasteiger partial charge < -0.3 is 10.1 Å². The summed E-state index contributed by atoms with van der Waals surface area (Å²) in [7, 11) is 0. The Morgan fingerprint density at radius 1 is 1.18 bits per heavy atom. The van der Waals surface area contributed by atoms with Crippen LogP contribution in [0.3, 0.4) is 0 Å². The second kappa shape index (κ2) is 10.8. The molecule has 0 aliphatic rings. The van der Waals surface area contributed by atoms with Crippen molar-refractivity contribution in [3.05, 3.63) is 79.8 Å². The number of anilines is 1. The molecular weight excluding hydrogens is 444 g/mol. The van der Waals surface area contributed by atoms with E-state index in [0.717, 1.165) is 23.4 Å². The lowest BCUT2D eigenvalue weighted by Gasteiger charge is -2.13. The largest absolute Gasteiger partial charge is 0.475 e. The maximum atomic E-state index is 11.9. The van der Waals surface area contributed by atoms with Crippen molar-refractivity contribution < 1.29 is 4.74 Å². The van der Waals surface area contributed by atoms with E-state index in [9.17, 15) is 4.79 Å². The molecule has 28 heavy (non-hydrogen) atoms. The smallest absolute Gasteiger partial charge is 0.280 e. The first-order valence-electron chi connectivity index (χ1n) is 8.41. The van der Waals surface area contributed by atoms with Crippen LogP contribution >= 0.6 is 27.5 Å². The van der Waals surface area contributed by atoms with E-state index in [4.69, 9.17) is 16.3 Å². The Balaban J connectivity index is 0.00000280. The van der Waals surface area contributed by atoms with Gasteiger partial charge in [0.05, 0.1) is 6.61 Å². The van der Waals surface area contributed by atoms with Crippen LogP contribution in [0.4, 0.5) is 5.69 Å². The van der Waals surface area contributed by atoms with Crippen molar-refractivity contribution >= 4 is 33.2 Å². The summed E-state index contributed by atoms with van der Waals surface area (Å²) in [6, 6.07) is 11.5. The van der Waals surface area contributed by atoms with Crippen LogP contribution in [0, 0.1) is 0 Å². The average molecular weight is 466 g/mol. The maximum absolute atomic E-state index is 11.9. The van der Waals surface area contributed by atoms with Gasteiger partial charge >= 0.3 is 0 Å². The molecule has 2 N–H and O–H groups in total. The summed E-state index contributed by atoms with van der Waals surface area (Å²) in [6.45, 7) is 0.967. The van der Waals surface area contributed by atoms with E-state index >= 15 is 0 Å². The van der Waals surface area contributed by atoms with Gasteiger partial charge in [-0.15, -0.1) is 5.10 Å². The van der Waals surface area contributed by atoms with Crippen molar-refractivity contribution in [1.82, 2.24) is 15.2 Å². The Kier molecular flexibility index (Phi) is 8.47. The van der Waals surface area contributed by atoms with Crippen LogP contribution in [0.25, 0.3) is 0 Å². The third kappa shape index (κ3) is 6.07. The standard InChI is InChI=1S/C19H18BrClN4O2.CH4/c20-16-17(23-12-14-3-1-9-22-11-14)19(25-24-18(16)26)27-10-2-4-13-5-7-15(21)8-6-13;/h1,3,5-9,11H,2,4,10,12H2,(H2,23,24,26);1H4. The molecule has 2 aromatic heterocycles. The molecule has 0 bridgehead atoms. The van der Waals surface area contributed by atoms with Crippen LogP contribution in [0.5, 0.6) is 5.88 Å². The van der Waals surface area contributed by atoms with E-state index in [1.807, 2.05) is 36.4 Å². The number of pyridine rings is 1. The predicted molar refractivity (Wildman–Crippen MR) is 116 cm³/mol. The van der Waals surface area contributed by atoms with Gasteiger partial charge in [0.2, 0.25) is 0 Å². The molecule has 0 aliphatic heterocycles. The van der Waals surface area contributed by atoms with Crippen LogP contribution in [0.15, 0.2) is 58.1 Å². The number of aryl methyl sites for hydroxylation is 1. The molecule has 8 heteroatoms. The highest BCUT2D eigenvalue weighted by Crippen LogP contribution is 2.27. The summed E-state index contributed by atoms with van der Waals surface area (Å²) >= 11 is 9.20. The number of ether oxygens (including phenoxy) is 1. The van der Waals surface area contributed by atoms with Gasteiger partial charge in [0.15, 0.2) is 0 Å². The fourth-order valence-electron chi connectivity index (χ4n) is 2.46. The van der Waals surface area contributed by atoms with Crippen molar-refractivity contribution in [2.45, 2.75) is 26.8 Å². The molecule has 0 saturated heterocycles. The van der Waals surface area contributed by atoms with Crippen molar-refractivity contribution in [3.63, 3.8) is 0 Å². The van der Waals surface area contributed by atoms with Gasteiger partial charge in [0.1, 0.15) is 10.2 Å². The summed E-state index contributed by atoms with van der Waals surface area (Å²) in [5.41, 5.74) is 2.37. The van der Waals surface area contributed by atoms with Gasteiger partial charge in [0, 0.05) is 24.0 Å². The fraction of sp³-hybridized carbons (Fsp3) is 0.250. The molecule has 0 atom stereocenters. The van der Waals surface area contributed by atoms with Gasteiger partial charge in [-0.25, -0.2) is 5.10 Å². The SMILES string of the molecule is C.O=c1[nH]nc(OCCCc2ccc(Cl)cc2)c(NCc2cccnc2)c1Br. The highest BCUT2D eigenvalue weighted by Gasteiger charge is 2.13. The Hall–Kier alpha value is -2.38. The second-order valence-corrected chi connectivity index (χ2v) is 7.07. The van der Waals surface area contributed by atoms with Crippen LogP contribution in [0.1, 0.15) is 25.0 Å². The number of H-pyrrole nitrogens is 1. The van der Waals surface area contributed by atoms with E-state index in [0.29, 0.717) is 29.2 Å². The topological polar surface area (TPSA) is 79.9 Å². The highest BCUT2D eigenvalue weighted by molar-refractivity contribution is 9.10. The lowest BCUT2D eigenvalue weighted by molar-refractivity contribution is 0.296. The van der Waals surface area contributed by atoms with E-state index in [2.05, 4.69) is 36.4 Å². The first-order chi connectivity index (χ1) is 13.1. The van der Waals surface area contributed by atoms with Crippen LogP contribution in [-0.2, 0) is 13.0 Å². The number of aromatic amines is 1. The Bertz CT molecular complexity index is 933. The molecule has 3 rings (SSSR count). The fourth-order valence-corrected chi connectivity index (χ4v) is 2.99. The number of rotatable bonds is 8. The maximum Gasteiger partial charge on any atom is 0.280 e. The molecule has 0 spiro atoms. The zero-order valence-corrected chi connectivity index (χ0v) is 16.8. The molecule has 2 heterocycles. The van der Waals surface area contributed by atoms with Gasteiger partial charge in [-0.1, -0.05) is 37.2 Å². The number of nitrogens with one attached hydrogen (secondary N) is 2. The Morgan fingerprint density at radius 3 is 2.68 bits per heavy atom. The molecule has 0 radical (unpaired) electrons. The molecule has 0 saturated carbocycles. The zero-order chi connectivity index (χ0) is 19.1. The normalized spacial score (nSPS) is 10.2. The molecular formula is C20H22BrClN4O2. The molecule has 6 nitrogen and oxygen atoms in total. The molecule has 3 aromatic rings. The van der Waals surface area contributed by atoms with E-state index in [-0.39, 0.29) is 13.0 Å². The van der Waals surface area contributed by atoms with Crippen LogP contribution in [-0.4, -0.2) is 21.8 Å². The summed E-state index contributed by atoms with van der Waals surface area (Å²) in [5.74, 6) is 0.349. The second-order valence-electron chi connectivity index (χ2n) is 5.84. The summed E-state index contributed by atoms with van der Waals surface area (Å²) in [5, 5.41) is 10.4. The third-order valence-corrected chi connectivity index (χ3v) is 4.85. The van der Waals surface area contributed by atoms with Crippen LogP contribution < -0.4 is 15.6 Å². The number of nitrogens with zero attached hydrogens (tertiary/aromatic N) is 2. The van der Waals surface area contributed by atoms with Crippen molar-refractivity contribution in [1.29, 1.82) is 0 Å². The number of benzene rings is 1. The first kappa shape index (κ1) is 21.9. The number of hydrogen-bond donors (Lipinski definition) is 2. The minimum Gasteiger partial charge on any atom is -0.475 e. The van der Waals surface area contributed by atoms with Gasteiger partial charge in [-0.2, -0.15) is 0 Å². The minimum absolute atomic E-state index is 0. The van der Waals surface area contributed by atoms with E-state index in [1.165, 1.54) is 5.56 Å². The lowest BCUT2D eigenvalue weighted by atomic mass is 10.1. The zero-order valence-electron chi connectivity index (χ0n) is 14.4. The number of aromatic nitrogens is 3. The van der Waals surface area contributed by atoms with Crippen molar-refractivity contribution in [2.75, 3.05) is 11.9 Å². The summed E-state index contributed by atoms with van der Waals surface area (Å²) < 4.78 is 6.15. The third-order valence-electron chi connectivity index (χ3n) is 3.85. The molecule has 1 aromatic carbocycles. The molecule has 0 amide bonds. The number of hydrogen-bond acceptors (Lipinski definition) is 5. The summed E-state index contributed by atoms with van der Waals surface area (Å²) in [6.07, 6.45) is 5.14. The molecule has 148 valence electrons. The molecule has 0 fully saturated rings. The minimum atomic E-state index is -0.322. The van der Waals surface area contributed by atoms with E-state index < -0.39 is 0 Å². The first-order valence-corrected chi connectivity index (χ1v) is 9.59.